The van der Waals surface area contributed by atoms with E-state index in [1.54, 1.807) is 0 Å². The summed E-state index contributed by atoms with van der Waals surface area (Å²) in [7, 11) is 0. The zero-order valence-electron chi connectivity index (χ0n) is 13.0. The number of nitrogens with zero attached hydrogens (tertiary/aromatic N) is 1. The predicted molar refractivity (Wildman–Crippen MR) is 79.4 cm³/mol. The van der Waals surface area contributed by atoms with Crippen molar-refractivity contribution in [1.29, 1.82) is 0 Å². The van der Waals surface area contributed by atoms with Crippen molar-refractivity contribution < 1.29 is 19.4 Å². The summed E-state index contributed by atoms with van der Waals surface area (Å²) in [6.07, 6.45) is -0.400. The fourth-order valence-electron chi connectivity index (χ4n) is 2.14. The number of carbonyl (C=O) groups excluding carboxylic acids is 1. The van der Waals surface area contributed by atoms with Crippen molar-refractivity contribution in [2.45, 2.75) is 38.9 Å². The minimum absolute atomic E-state index is 0.164. The molecule has 1 aliphatic heterocycles. The lowest BCUT2D eigenvalue weighted by Gasteiger charge is -2.45. The van der Waals surface area contributed by atoms with Gasteiger partial charge in [-0.1, -0.05) is 18.2 Å². The Morgan fingerprint density at radius 2 is 1.95 bits per heavy atom. The molecule has 0 bridgehead atoms. The topological polar surface area (TPSA) is 59.0 Å². The second-order valence-corrected chi connectivity index (χ2v) is 6.61. The highest BCUT2D eigenvalue weighted by atomic mass is 16.6. The monoisotopic (exact) mass is 293 g/mol. The number of hydrogen-bond donors (Lipinski definition) is 1. The Bertz CT molecular complexity index is 515. The molecule has 0 radical (unpaired) electrons. The van der Waals surface area contributed by atoms with Gasteiger partial charge in [0.15, 0.2) is 0 Å². The van der Waals surface area contributed by atoms with Gasteiger partial charge < -0.3 is 19.5 Å². The molecule has 5 heteroatoms. The molecule has 5 nitrogen and oxygen atoms in total. The van der Waals surface area contributed by atoms with Crippen LogP contribution in [0.2, 0.25) is 0 Å². The maximum absolute atomic E-state index is 11.8. The second-order valence-electron chi connectivity index (χ2n) is 6.61. The molecular formula is C16H23NO4. The molecule has 1 heterocycles. The summed E-state index contributed by atoms with van der Waals surface area (Å²) in [5, 5.41) is 10.3. The van der Waals surface area contributed by atoms with Crippen LogP contribution >= 0.6 is 0 Å². The van der Waals surface area contributed by atoms with E-state index in [-0.39, 0.29) is 19.7 Å². The van der Waals surface area contributed by atoms with Gasteiger partial charge in [-0.25, -0.2) is 4.79 Å². The van der Waals surface area contributed by atoms with Gasteiger partial charge in [-0.15, -0.1) is 0 Å². The van der Waals surface area contributed by atoms with Gasteiger partial charge in [0.05, 0.1) is 13.1 Å². The summed E-state index contributed by atoms with van der Waals surface area (Å²) in [4.78, 5) is 13.3. The van der Waals surface area contributed by atoms with Crippen molar-refractivity contribution in [2.75, 3.05) is 19.7 Å². The molecule has 2 rings (SSSR count). The average Bonchev–Trinajstić information content (AvgIpc) is 2.32. The van der Waals surface area contributed by atoms with Crippen LogP contribution in [0.25, 0.3) is 0 Å². The first-order valence-electron chi connectivity index (χ1n) is 7.07. The Morgan fingerprint density at radius 3 is 2.52 bits per heavy atom. The molecule has 1 aliphatic rings. The Morgan fingerprint density at radius 1 is 1.33 bits per heavy atom. The number of β-amino-alcohol motifs (C(OH)–C–C–N with tert-alkyl or cyclic N) is 1. The molecule has 1 fully saturated rings. The Labute approximate surface area is 125 Å². The van der Waals surface area contributed by atoms with Crippen LogP contribution in [0, 0.1) is 6.92 Å². The fourth-order valence-corrected chi connectivity index (χ4v) is 2.14. The van der Waals surface area contributed by atoms with E-state index in [2.05, 4.69) is 0 Å². The van der Waals surface area contributed by atoms with Gasteiger partial charge in [0.1, 0.15) is 23.6 Å². The van der Waals surface area contributed by atoms with Gasteiger partial charge in [-0.3, -0.25) is 0 Å². The lowest BCUT2D eigenvalue weighted by molar-refractivity contribution is -0.117. The van der Waals surface area contributed by atoms with E-state index in [0.29, 0.717) is 0 Å². The minimum Gasteiger partial charge on any atom is -0.490 e. The molecule has 0 aromatic heterocycles. The van der Waals surface area contributed by atoms with Gasteiger partial charge in [-0.05, 0) is 39.3 Å². The van der Waals surface area contributed by atoms with E-state index in [9.17, 15) is 9.90 Å². The molecule has 1 N–H and O–H groups in total. The number of amides is 1. The third kappa shape index (κ3) is 4.11. The van der Waals surface area contributed by atoms with Crippen LogP contribution < -0.4 is 4.74 Å². The molecule has 0 saturated carbocycles. The van der Waals surface area contributed by atoms with Crippen molar-refractivity contribution in [1.82, 2.24) is 4.90 Å². The molecule has 0 unspecified atom stereocenters. The first-order chi connectivity index (χ1) is 9.69. The van der Waals surface area contributed by atoms with E-state index in [4.69, 9.17) is 9.47 Å². The third-order valence-corrected chi connectivity index (χ3v) is 3.21. The number of benzene rings is 1. The standard InChI is InChI=1S/C16H23NO4/c1-12-7-5-6-8-13(12)20-11-16(19)9-17(10-16)14(18)21-15(2,3)4/h5-8,19H,9-11H2,1-4H3. The van der Waals surface area contributed by atoms with Crippen LogP contribution in [-0.2, 0) is 4.74 Å². The van der Waals surface area contributed by atoms with Crippen molar-refractivity contribution in [3.63, 3.8) is 0 Å². The van der Waals surface area contributed by atoms with Crippen LogP contribution in [0.5, 0.6) is 5.75 Å². The van der Waals surface area contributed by atoms with Crippen LogP contribution in [0.3, 0.4) is 0 Å². The second kappa shape index (κ2) is 5.56. The summed E-state index contributed by atoms with van der Waals surface area (Å²) in [5.41, 5.74) is -0.508. The van der Waals surface area contributed by atoms with Gasteiger partial charge in [0.2, 0.25) is 0 Å². The number of likely N-dealkylation sites (tertiary alicyclic amines) is 1. The van der Waals surface area contributed by atoms with Crippen molar-refractivity contribution in [2.24, 2.45) is 0 Å². The molecule has 116 valence electrons. The van der Waals surface area contributed by atoms with E-state index < -0.39 is 17.3 Å². The van der Waals surface area contributed by atoms with Crippen LogP contribution in [0.15, 0.2) is 24.3 Å². The summed E-state index contributed by atoms with van der Waals surface area (Å²) in [6.45, 7) is 8.03. The largest absolute Gasteiger partial charge is 0.490 e. The van der Waals surface area contributed by atoms with Crippen LogP contribution in [-0.4, -0.2) is 47.0 Å². The summed E-state index contributed by atoms with van der Waals surface area (Å²) >= 11 is 0. The number of aliphatic hydroxyl groups is 1. The van der Waals surface area contributed by atoms with Gasteiger partial charge in [0, 0.05) is 0 Å². The normalized spacial score (nSPS) is 17.1. The van der Waals surface area contributed by atoms with Gasteiger partial charge in [-0.2, -0.15) is 0 Å². The lowest BCUT2D eigenvalue weighted by Crippen LogP contribution is -2.66. The zero-order valence-corrected chi connectivity index (χ0v) is 13.0. The number of hydrogen-bond acceptors (Lipinski definition) is 4. The maximum atomic E-state index is 11.8. The molecule has 1 saturated heterocycles. The molecule has 1 aromatic rings. The quantitative estimate of drug-likeness (QED) is 0.929. The number of carbonyl (C=O) groups is 1. The molecule has 1 aromatic carbocycles. The smallest absolute Gasteiger partial charge is 0.410 e. The molecule has 0 aliphatic carbocycles. The summed E-state index contributed by atoms with van der Waals surface area (Å²) < 4.78 is 10.9. The van der Waals surface area contributed by atoms with Crippen molar-refractivity contribution in [3.05, 3.63) is 29.8 Å². The molecule has 21 heavy (non-hydrogen) atoms. The molecule has 1 amide bonds. The zero-order chi connectivity index (χ0) is 15.7. The highest BCUT2D eigenvalue weighted by Crippen LogP contribution is 2.25. The third-order valence-electron chi connectivity index (χ3n) is 3.21. The van der Waals surface area contributed by atoms with E-state index in [1.165, 1.54) is 4.90 Å². The van der Waals surface area contributed by atoms with Gasteiger partial charge >= 0.3 is 6.09 Å². The number of aryl methyl sites for hydroxylation is 1. The minimum atomic E-state index is -1.00. The summed E-state index contributed by atoms with van der Waals surface area (Å²) in [5.74, 6) is 0.752. The van der Waals surface area contributed by atoms with E-state index in [1.807, 2.05) is 52.0 Å². The average molecular weight is 293 g/mol. The highest BCUT2D eigenvalue weighted by Gasteiger charge is 2.46. The molecular weight excluding hydrogens is 270 g/mol. The van der Waals surface area contributed by atoms with E-state index >= 15 is 0 Å². The van der Waals surface area contributed by atoms with Crippen LogP contribution in [0.4, 0.5) is 4.79 Å². The molecule has 0 spiro atoms. The van der Waals surface area contributed by atoms with Crippen molar-refractivity contribution >= 4 is 6.09 Å². The Balaban J connectivity index is 1.82. The number of rotatable bonds is 3. The number of para-hydroxylation sites is 1. The predicted octanol–water partition coefficient (Wildman–Crippen LogP) is 2.36. The first kappa shape index (κ1) is 15.6. The SMILES string of the molecule is Cc1ccccc1OCC1(O)CN(C(=O)OC(C)(C)C)C1. The first-order valence-corrected chi connectivity index (χ1v) is 7.07. The Kier molecular flexibility index (Phi) is 4.14. The molecule has 0 atom stereocenters. The maximum Gasteiger partial charge on any atom is 0.410 e. The van der Waals surface area contributed by atoms with E-state index in [0.717, 1.165) is 11.3 Å². The lowest BCUT2D eigenvalue weighted by atomic mass is 9.96. The fraction of sp³-hybridized carbons (Fsp3) is 0.562. The number of ether oxygens (including phenoxy) is 2. The Hall–Kier alpha value is -1.75. The summed E-state index contributed by atoms with van der Waals surface area (Å²) in [6, 6.07) is 7.64. The van der Waals surface area contributed by atoms with Crippen LogP contribution in [0.1, 0.15) is 26.3 Å². The highest BCUT2D eigenvalue weighted by molar-refractivity contribution is 5.69. The van der Waals surface area contributed by atoms with Gasteiger partial charge in [0.25, 0.3) is 0 Å². The van der Waals surface area contributed by atoms with Crippen molar-refractivity contribution in [3.8, 4) is 5.75 Å².